The van der Waals surface area contributed by atoms with Crippen LogP contribution in [-0.2, 0) is 10.2 Å². The van der Waals surface area contributed by atoms with E-state index in [-0.39, 0.29) is 16.5 Å². The number of anilines is 1. The van der Waals surface area contributed by atoms with E-state index in [4.69, 9.17) is 0 Å². The van der Waals surface area contributed by atoms with Crippen molar-refractivity contribution in [1.82, 2.24) is 0 Å². The van der Waals surface area contributed by atoms with Crippen molar-refractivity contribution >= 4 is 17.3 Å². The Bertz CT molecular complexity index is 615. The number of hydrogen-bond acceptors (Lipinski definition) is 3. The van der Waals surface area contributed by atoms with E-state index in [0.717, 1.165) is 48.9 Å². The maximum atomic E-state index is 12.2. The first-order valence-corrected chi connectivity index (χ1v) is 6.76. The van der Waals surface area contributed by atoms with Crippen LogP contribution >= 0.6 is 0 Å². The van der Waals surface area contributed by atoms with E-state index in [9.17, 15) is 14.9 Å². The van der Waals surface area contributed by atoms with Crippen molar-refractivity contribution in [3.8, 4) is 0 Å². The lowest BCUT2D eigenvalue weighted by atomic mass is 9.65. The molecule has 0 aromatic heterocycles. The first-order chi connectivity index (χ1) is 9.12. The van der Waals surface area contributed by atoms with Crippen LogP contribution in [0.5, 0.6) is 0 Å². The van der Waals surface area contributed by atoms with Gasteiger partial charge in [0.15, 0.2) is 0 Å². The number of nitrogens with zero attached hydrogens (tertiary/aromatic N) is 1. The standard InChI is InChI=1S/C14H14N2O3/c17-13-14(4-1-5-14)11-7-9(16(18)19)6-10(8-2-3-8)12(11)15-13/h6-8H,1-5H2,(H,15,17). The van der Waals surface area contributed by atoms with E-state index < -0.39 is 5.41 Å². The summed E-state index contributed by atoms with van der Waals surface area (Å²) in [5, 5.41) is 14.1. The highest BCUT2D eigenvalue weighted by atomic mass is 16.6. The number of benzene rings is 1. The second-order valence-electron chi connectivity index (χ2n) is 5.88. The fraction of sp³-hybridized carbons (Fsp3) is 0.500. The molecular formula is C14H14N2O3. The third-order valence-electron chi connectivity index (χ3n) is 4.78. The Hall–Kier alpha value is -1.91. The number of nitro groups is 1. The van der Waals surface area contributed by atoms with Crippen molar-refractivity contribution in [2.45, 2.75) is 43.4 Å². The van der Waals surface area contributed by atoms with Gasteiger partial charge in [-0.3, -0.25) is 14.9 Å². The van der Waals surface area contributed by atoms with Crippen molar-refractivity contribution in [2.75, 3.05) is 5.32 Å². The molecule has 0 bridgehead atoms. The molecule has 1 aromatic rings. The lowest BCUT2D eigenvalue weighted by Gasteiger charge is -2.35. The summed E-state index contributed by atoms with van der Waals surface area (Å²) in [6, 6.07) is 3.26. The van der Waals surface area contributed by atoms with Gasteiger partial charge in [0.25, 0.3) is 5.69 Å². The summed E-state index contributed by atoms with van der Waals surface area (Å²) >= 11 is 0. The van der Waals surface area contributed by atoms with Crippen LogP contribution in [-0.4, -0.2) is 10.8 Å². The molecule has 5 heteroatoms. The summed E-state index contributed by atoms with van der Waals surface area (Å²) in [7, 11) is 0. The molecular weight excluding hydrogens is 244 g/mol. The van der Waals surface area contributed by atoms with Gasteiger partial charge in [0.1, 0.15) is 0 Å². The minimum absolute atomic E-state index is 0.0381. The minimum Gasteiger partial charge on any atom is -0.325 e. The zero-order valence-corrected chi connectivity index (χ0v) is 10.4. The van der Waals surface area contributed by atoms with Gasteiger partial charge in [0, 0.05) is 17.8 Å². The Balaban J connectivity index is 1.94. The Morgan fingerprint density at radius 1 is 1.32 bits per heavy atom. The molecule has 4 rings (SSSR count). The summed E-state index contributed by atoms with van der Waals surface area (Å²) in [5.74, 6) is 0.431. The molecule has 1 N–H and O–H groups in total. The van der Waals surface area contributed by atoms with E-state index in [1.807, 2.05) is 0 Å². The van der Waals surface area contributed by atoms with Crippen LogP contribution in [0, 0.1) is 10.1 Å². The summed E-state index contributed by atoms with van der Waals surface area (Å²) < 4.78 is 0. The van der Waals surface area contributed by atoms with Crippen molar-refractivity contribution in [3.63, 3.8) is 0 Å². The Morgan fingerprint density at radius 3 is 2.58 bits per heavy atom. The van der Waals surface area contributed by atoms with Gasteiger partial charge in [-0.05, 0) is 42.7 Å². The molecule has 0 atom stereocenters. The number of carbonyl (C=O) groups is 1. The topological polar surface area (TPSA) is 72.2 Å². The molecule has 1 aromatic carbocycles. The molecule has 1 heterocycles. The van der Waals surface area contributed by atoms with Gasteiger partial charge in [-0.1, -0.05) is 6.42 Å². The van der Waals surface area contributed by atoms with Gasteiger partial charge < -0.3 is 5.32 Å². The summed E-state index contributed by atoms with van der Waals surface area (Å²) in [6.07, 6.45) is 4.79. The largest absolute Gasteiger partial charge is 0.325 e. The molecule has 0 saturated heterocycles. The average molecular weight is 258 g/mol. The van der Waals surface area contributed by atoms with Crippen LogP contribution in [0.1, 0.15) is 49.1 Å². The summed E-state index contributed by atoms with van der Waals surface area (Å²) in [6.45, 7) is 0. The van der Waals surface area contributed by atoms with Crippen molar-refractivity contribution in [1.29, 1.82) is 0 Å². The fourth-order valence-corrected chi connectivity index (χ4v) is 3.37. The molecule has 98 valence electrons. The minimum atomic E-state index is -0.467. The third kappa shape index (κ3) is 1.33. The van der Waals surface area contributed by atoms with Crippen LogP contribution in [0.15, 0.2) is 12.1 Å². The van der Waals surface area contributed by atoms with Gasteiger partial charge in [-0.25, -0.2) is 0 Å². The Labute approximate surface area is 110 Å². The number of fused-ring (bicyclic) bond motifs is 2. The first kappa shape index (κ1) is 11.0. The van der Waals surface area contributed by atoms with Crippen molar-refractivity contribution < 1.29 is 9.72 Å². The van der Waals surface area contributed by atoms with Gasteiger partial charge >= 0.3 is 0 Å². The number of hydrogen-bond donors (Lipinski definition) is 1. The Kier molecular flexibility index (Phi) is 1.93. The quantitative estimate of drug-likeness (QED) is 0.654. The highest BCUT2D eigenvalue weighted by molar-refractivity contribution is 6.08. The lowest BCUT2D eigenvalue weighted by molar-refractivity contribution is -0.385. The van der Waals surface area contributed by atoms with Crippen LogP contribution in [0.2, 0.25) is 0 Å². The Morgan fingerprint density at radius 2 is 2.05 bits per heavy atom. The molecule has 3 aliphatic rings. The van der Waals surface area contributed by atoms with E-state index in [2.05, 4.69) is 5.32 Å². The molecule has 1 spiro atoms. The summed E-state index contributed by atoms with van der Waals surface area (Å²) in [5.41, 5.74) is 2.38. The highest BCUT2D eigenvalue weighted by Crippen LogP contribution is 2.56. The van der Waals surface area contributed by atoms with Gasteiger partial charge in [-0.2, -0.15) is 0 Å². The number of carbonyl (C=O) groups excluding carboxylic acids is 1. The van der Waals surface area contributed by atoms with Crippen molar-refractivity contribution in [3.05, 3.63) is 33.4 Å². The van der Waals surface area contributed by atoms with E-state index >= 15 is 0 Å². The van der Waals surface area contributed by atoms with E-state index in [1.165, 1.54) is 0 Å². The van der Waals surface area contributed by atoms with Crippen LogP contribution in [0.4, 0.5) is 11.4 Å². The first-order valence-electron chi connectivity index (χ1n) is 6.76. The van der Waals surface area contributed by atoms with Crippen molar-refractivity contribution in [2.24, 2.45) is 0 Å². The number of non-ortho nitro benzene ring substituents is 1. The fourth-order valence-electron chi connectivity index (χ4n) is 3.37. The maximum absolute atomic E-state index is 12.2. The molecule has 2 fully saturated rings. The second-order valence-corrected chi connectivity index (χ2v) is 5.88. The molecule has 5 nitrogen and oxygen atoms in total. The predicted molar refractivity (Wildman–Crippen MR) is 69.2 cm³/mol. The third-order valence-corrected chi connectivity index (χ3v) is 4.78. The molecule has 19 heavy (non-hydrogen) atoms. The number of rotatable bonds is 2. The van der Waals surface area contributed by atoms with E-state index in [1.54, 1.807) is 12.1 Å². The monoisotopic (exact) mass is 258 g/mol. The maximum Gasteiger partial charge on any atom is 0.270 e. The normalized spacial score (nSPS) is 22.8. The molecule has 1 amide bonds. The summed E-state index contributed by atoms with van der Waals surface area (Å²) in [4.78, 5) is 23.0. The van der Waals surface area contributed by atoms with E-state index in [0.29, 0.717) is 5.92 Å². The zero-order valence-electron chi connectivity index (χ0n) is 10.4. The number of nitrogens with one attached hydrogen (secondary N) is 1. The number of amides is 1. The molecule has 0 unspecified atom stereocenters. The van der Waals surface area contributed by atoms with Gasteiger partial charge in [0.05, 0.1) is 10.3 Å². The smallest absolute Gasteiger partial charge is 0.270 e. The molecule has 1 aliphatic heterocycles. The van der Waals surface area contributed by atoms with Crippen LogP contribution in [0.3, 0.4) is 0 Å². The van der Waals surface area contributed by atoms with Gasteiger partial charge in [0.2, 0.25) is 5.91 Å². The second kappa shape index (κ2) is 3.35. The average Bonchev–Trinajstić information content (AvgIpc) is 3.08. The predicted octanol–water partition coefficient (Wildman–Crippen LogP) is 2.85. The molecule has 2 saturated carbocycles. The lowest BCUT2D eigenvalue weighted by Crippen LogP contribution is -2.40. The number of nitro benzene ring substituents is 1. The SMILES string of the molecule is O=C1Nc2c(C3CC3)cc([N+](=O)[O-])cc2C12CCC2. The van der Waals surface area contributed by atoms with Crippen LogP contribution < -0.4 is 5.32 Å². The van der Waals surface area contributed by atoms with Gasteiger partial charge in [-0.15, -0.1) is 0 Å². The molecule has 2 aliphatic carbocycles. The zero-order chi connectivity index (χ0) is 13.2. The van der Waals surface area contributed by atoms with Crippen LogP contribution in [0.25, 0.3) is 0 Å². The highest BCUT2D eigenvalue weighted by Gasteiger charge is 2.53. The molecule has 0 radical (unpaired) electrons.